The zero-order valence-electron chi connectivity index (χ0n) is 15.2. The minimum Gasteiger partial charge on any atom is -0.463 e. The number of hydrogen-bond acceptors (Lipinski definition) is 3. The van der Waals surface area contributed by atoms with Crippen molar-refractivity contribution in [2.45, 2.75) is 20.4 Å². The summed E-state index contributed by atoms with van der Waals surface area (Å²) < 4.78 is 7.09. The van der Waals surface area contributed by atoms with Gasteiger partial charge >= 0.3 is 5.97 Å². The Labute approximate surface area is 163 Å². The summed E-state index contributed by atoms with van der Waals surface area (Å²) in [5.41, 5.74) is 3.66. The van der Waals surface area contributed by atoms with Gasteiger partial charge in [-0.1, -0.05) is 41.9 Å². The van der Waals surface area contributed by atoms with E-state index in [-0.39, 0.29) is 13.2 Å². The number of hydrogen-bond donors (Lipinski definition) is 0. The lowest BCUT2D eigenvalue weighted by molar-refractivity contribution is -0.138. The number of aromatic nitrogens is 1. The molecule has 0 fully saturated rings. The molecular formula is C22H20ClNO3. The molecule has 1 aromatic heterocycles. The second-order valence-electron chi connectivity index (χ2n) is 6.17. The number of carbonyl (C=O) groups excluding carboxylic acids is 2. The first-order valence-corrected chi connectivity index (χ1v) is 9.09. The predicted octanol–water partition coefficient (Wildman–Crippen LogP) is 5.06. The number of halogens is 1. The SMILES string of the molecule is CCOC(=O)/C(=C/c1ccc(Cl)cc1)Cn1c(C=O)c(C)c2ccccc21. The van der Waals surface area contributed by atoms with E-state index in [2.05, 4.69) is 0 Å². The molecule has 0 bridgehead atoms. The Kier molecular flexibility index (Phi) is 5.77. The number of ether oxygens (including phenoxy) is 1. The Morgan fingerprint density at radius 2 is 1.85 bits per heavy atom. The molecule has 0 aliphatic carbocycles. The van der Waals surface area contributed by atoms with Crippen molar-refractivity contribution >= 4 is 40.8 Å². The number of fused-ring (bicyclic) bond motifs is 1. The van der Waals surface area contributed by atoms with Crippen LogP contribution in [0.25, 0.3) is 17.0 Å². The van der Waals surface area contributed by atoms with Crippen molar-refractivity contribution in [3.63, 3.8) is 0 Å². The van der Waals surface area contributed by atoms with Crippen LogP contribution in [0.2, 0.25) is 5.02 Å². The Hall–Kier alpha value is -2.85. The van der Waals surface area contributed by atoms with E-state index in [1.165, 1.54) is 0 Å². The van der Waals surface area contributed by atoms with Crippen LogP contribution in [0.3, 0.4) is 0 Å². The van der Waals surface area contributed by atoms with Crippen LogP contribution in [0.15, 0.2) is 54.1 Å². The van der Waals surface area contributed by atoms with Crippen molar-refractivity contribution in [3.8, 4) is 0 Å². The van der Waals surface area contributed by atoms with Gasteiger partial charge in [-0.2, -0.15) is 0 Å². The van der Waals surface area contributed by atoms with E-state index in [0.29, 0.717) is 16.3 Å². The van der Waals surface area contributed by atoms with Crippen LogP contribution in [0.1, 0.15) is 28.5 Å². The van der Waals surface area contributed by atoms with Crippen LogP contribution in [0.4, 0.5) is 0 Å². The molecule has 5 heteroatoms. The Balaban J connectivity index is 2.10. The van der Waals surface area contributed by atoms with Crippen LogP contribution >= 0.6 is 11.6 Å². The lowest BCUT2D eigenvalue weighted by Gasteiger charge is -2.12. The van der Waals surface area contributed by atoms with Gasteiger partial charge in [0.2, 0.25) is 0 Å². The minimum absolute atomic E-state index is 0.240. The van der Waals surface area contributed by atoms with Crippen LogP contribution in [0.5, 0.6) is 0 Å². The molecule has 0 saturated carbocycles. The summed E-state index contributed by atoms with van der Waals surface area (Å²) in [5, 5.41) is 1.62. The molecule has 0 saturated heterocycles. The molecule has 0 spiro atoms. The lowest BCUT2D eigenvalue weighted by atomic mass is 10.1. The largest absolute Gasteiger partial charge is 0.463 e. The summed E-state index contributed by atoms with van der Waals surface area (Å²) in [7, 11) is 0. The first kappa shape index (κ1) is 18.9. The van der Waals surface area contributed by atoms with Crippen molar-refractivity contribution in [2.24, 2.45) is 0 Å². The zero-order valence-corrected chi connectivity index (χ0v) is 16.0. The quantitative estimate of drug-likeness (QED) is 0.340. The monoisotopic (exact) mass is 381 g/mol. The number of rotatable bonds is 6. The second kappa shape index (κ2) is 8.23. The third-order valence-electron chi connectivity index (χ3n) is 4.46. The van der Waals surface area contributed by atoms with Gasteiger partial charge in [0, 0.05) is 15.9 Å². The van der Waals surface area contributed by atoms with Gasteiger partial charge < -0.3 is 9.30 Å². The van der Waals surface area contributed by atoms with Gasteiger partial charge in [0.05, 0.1) is 24.4 Å². The maximum atomic E-state index is 12.5. The smallest absolute Gasteiger partial charge is 0.335 e. The van der Waals surface area contributed by atoms with E-state index < -0.39 is 5.97 Å². The third-order valence-corrected chi connectivity index (χ3v) is 4.71. The van der Waals surface area contributed by atoms with Crippen LogP contribution in [-0.4, -0.2) is 23.4 Å². The minimum atomic E-state index is -0.403. The molecule has 0 aliphatic heterocycles. The number of esters is 1. The van der Waals surface area contributed by atoms with Gasteiger partial charge in [0.1, 0.15) is 0 Å². The molecule has 1 heterocycles. The molecule has 0 amide bonds. The number of para-hydroxylation sites is 1. The van der Waals surface area contributed by atoms with Crippen LogP contribution < -0.4 is 0 Å². The maximum Gasteiger partial charge on any atom is 0.335 e. The molecule has 2 aromatic carbocycles. The highest BCUT2D eigenvalue weighted by molar-refractivity contribution is 6.30. The first-order valence-electron chi connectivity index (χ1n) is 8.71. The highest BCUT2D eigenvalue weighted by atomic mass is 35.5. The van der Waals surface area contributed by atoms with Crippen LogP contribution in [0, 0.1) is 6.92 Å². The van der Waals surface area contributed by atoms with Gasteiger partial charge in [0.25, 0.3) is 0 Å². The fraction of sp³-hybridized carbons (Fsp3) is 0.182. The van der Waals surface area contributed by atoms with Crippen molar-refractivity contribution in [1.29, 1.82) is 0 Å². The van der Waals surface area contributed by atoms with E-state index in [4.69, 9.17) is 16.3 Å². The van der Waals surface area contributed by atoms with Crippen molar-refractivity contribution in [1.82, 2.24) is 4.57 Å². The number of aryl methyl sites for hydroxylation is 1. The number of benzene rings is 2. The van der Waals surface area contributed by atoms with E-state index in [9.17, 15) is 9.59 Å². The van der Waals surface area contributed by atoms with Gasteiger partial charge in [-0.3, -0.25) is 4.79 Å². The number of aldehydes is 1. The molecule has 4 nitrogen and oxygen atoms in total. The number of carbonyl (C=O) groups is 2. The molecule has 138 valence electrons. The average molecular weight is 382 g/mol. The van der Waals surface area contributed by atoms with Crippen LogP contribution in [-0.2, 0) is 16.1 Å². The molecule has 3 aromatic rings. The fourth-order valence-corrected chi connectivity index (χ4v) is 3.27. The summed E-state index contributed by atoms with van der Waals surface area (Å²) in [6.45, 7) is 4.20. The topological polar surface area (TPSA) is 48.3 Å². The third kappa shape index (κ3) is 3.96. The fourth-order valence-electron chi connectivity index (χ4n) is 3.14. The normalized spacial score (nSPS) is 11.6. The molecule has 0 N–H and O–H groups in total. The van der Waals surface area contributed by atoms with Crippen molar-refractivity contribution < 1.29 is 14.3 Å². The van der Waals surface area contributed by atoms with E-state index >= 15 is 0 Å². The highest BCUT2D eigenvalue weighted by Crippen LogP contribution is 2.26. The van der Waals surface area contributed by atoms with E-state index in [1.807, 2.05) is 47.9 Å². The summed E-state index contributed by atoms with van der Waals surface area (Å²) in [4.78, 5) is 24.3. The Morgan fingerprint density at radius 3 is 2.52 bits per heavy atom. The molecule has 3 rings (SSSR count). The molecule has 0 radical (unpaired) electrons. The second-order valence-corrected chi connectivity index (χ2v) is 6.61. The predicted molar refractivity (Wildman–Crippen MR) is 108 cm³/mol. The molecule has 0 aliphatic rings. The lowest BCUT2D eigenvalue weighted by Crippen LogP contribution is -2.15. The molecule has 0 unspecified atom stereocenters. The standard InChI is InChI=1S/C22H20ClNO3/c1-3-27-22(26)17(12-16-8-10-18(23)11-9-16)13-24-20-7-5-4-6-19(20)15(2)21(24)14-25/h4-12,14H,3,13H2,1-2H3/b17-12+. The average Bonchev–Trinajstić information content (AvgIpc) is 2.94. The molecule has 0 atom stereocenters. The Bertz CT molecular complexity index is 1020. The highest BCUT2D eigenvalue weighted by Gasteiger charge is 2.18. The zero-order chi connectivity index (χ0) is 19.4. The Morgan fingerprint density at radius 1 is 1.15 bits per heavy atom. The van der Waals surface area contributed by atoms with Gasteiger partial charge in [-0.25, -0.2) is 4.79 Å². The summed E-state index contributed by atoms with van der Waals surface area (Å²) in [6, 6.07) is 15.0. The number of nitrogens with zero attached hydrogens (tertiary/aromatic N) is 1. The van der Waals surface area contributed by atoms with Gasteiger partial charge in [0.15, 0.2) is 6.29 Å². The summed E-state index contributed by atoms with van der Waals surface area (Å²) in [6.07, 6.45) is 2.60. The van der Waals surface area contributed by atoms with E-state index in [0.717, 1.165) is 28.3 Å². The molecular weight excluding hydrogens is 362 g/mol. The maximum absolute atomic E-state index is 12.5. The van der Waals surface area contributed by atoms with Crippen molar-refractivity contribution in [2.75, 3.05) is 6.61 Å². The van der Waals surface area contributed by atoms with Gasteiger partial charge in [-0.15, -0.1) is 0 Å². The van der Waals surface area contributed by atoms with Crippen molar-refractivity contribution in [3.05, 3.63) is 75.9 Å². The summed E-state index contributed by atoms with van der Waals surface area (Å²) in [5.74, 6) is -0.403. The summed E-state index contributed by atoms with van der Waals surface area (Å²) >= 11 is 5.94. The van der Waals surface area contributed by atoms with E-state index in [1.54, 1.807) is 25.1 Å². The molecule has 27 heavy (non-hydrogen) atoms. The first-order chi connectivity index (χ1) is 13.0. The van der Waals surface area contributed by atoms with Gasteiger partial charge in [-0.05, 0) is 49.2 Å².